The zero-order valence-corrected chi connectivity index (χ0v) is 69.9. The van der Waals surface area contributed by atoms with Gasteiger partial charge in [-0.05, 0) is 243 Å². The lowest BCUT2D eigenvalue weighted by molar-refractivity contribution is 0.101. The van der Waals surface area contributed by atoms with Crippen LogP contribution in [0, 0.1) is 0 Å². The largest absolute Gasteiger partial charge is 0.368 e. The van der Waals surface area contributed by atoms with E-state index in [4.69, 9.17) is 0 Å². The molecule has 650 valence electrons. The SMILES string of the molecule is O=C(Nc1ccc(C2=NCCN2)cc1)c1cc(C(=O)Nc2ccc(C3=NCCN3)cc2)cc(C(=O)Nc2ccc(C3=NCCN3)cc2)c1.O=C(Nc1cccc(NC(=O)Nc2cc(C(=O)Nc3ccc(C4=NCCN4)cc3)ccc2C(=O)Nc2ccc(C3=NCCN3)cc2)c1)Nc1cc(C(=O)Nc2ccc(C3=NCCN3)cc2)ccc1C(=O)Nc1ccc(C2=NCCN2)cc1. The standard InChI is InChI=1S/C60H54N16O6.C36H33N9O3/c77-55(69-41-14-4-35(5-15-41)51-61-24-25-62-51)39-12-22-47(57(79)71-43-18-8-37(9-19-43)53-65-28-29-66-53)49(32-39)75-59(81)73-45-2-1-3-46(34-45)74-60(82)76-50-33-40(56(78)70-42-16-6-36(7-17-42)52-63-26-27-64-52)13-23-48(50)58(80)72-44-20-10-38(11-21-44)54-67-30-31-68-54;46-34(43-28-7-1-22(2-8-28)31-37-13-14-38-31)25-19-26(35(47)44-29-9-3-23(4-10-29)32-39-15-16-40-32)21-27(20-25)36(48)45-30-11-5-24(6-12-30)33-41-17-18-42-33/h1-23,32-34H,24-31H2,(H,61,62)(H,63,64)(H,65,66)(H,67,68)(H,69,77)(H,70,78)(H,71,79)(H,72,80)(H2,73,75,81)(H2,74,76,82);1-12,19-21H,13-18H2,(H,37,38)(H,39,40)(H,41,42)(H,43,46)(H,44,47)(H,45,48). The number of nitrogens with zero attached hydrogens (tertiary/aromatic N) is 7. The number of rotatable bonds is 25. The third kappa shape index (κ3) is 21.3. The highest BCUT2D eigenvalue weighted by molar-refractivity contribution is 6.18. The van der Waals surface area contributed by atoms with E-state index in [1.54, 1.807) is 103 Å². The lowest BCUT2D eigenvalue weighted by Crippen LogP contribution is -2.24. The van der Waals surface area contributed by atoms with Crippen molar-refractivity contribution in [3.8, 4) is 0 Å². The molecule has 7 aliphatic heterocycles. The molecule has 0 bridgehead atoms. The number of anilines is 11. The van der Waals surface area contributed by atoms with Gasteiger partial charge in [-0.3, -0.25) is 68.5 Å². The van der Waals surface area contributed by atoms with Crippen LogP contribution in [-0.4, -0.2) is 186 Å². The van der Waals surface area contributed by atoms with E-state index in [0.29, 0.717) is 66.0 Å². The van der Waals surface area contributed by atoms with Crippen LogP contribution in [0.25, 0.3) is 0 Å². The van der Waals surface area contributed by atoms with Crippen LogP contribution >= 0.6 is 0 Å². The fourth-order valence-corrected chi connectivity index (χ4v) is 14.8. The number of hydrogen-bond acceptors (Lipinski definition) is 23. The Kier molecular flexibility index (Phi) is 25.8. The highest BCUT2D eigenvalue weighted by Gasteiger charge is 2.25. The number of aliphatic imine (C=N–C) groups is 7. The molecule has 11 aromatic rings. The molecule has 7 heterocycles. The molecule has 0 aliphatic carbocycles. The van der Waals surface area contributed by atoms with Gasteiger partial charge < -0.3 is 95.7 Å². The van der Waals surface area contributed by atoms with Crippen molar-refractivity contribution in [3.63, 3.8) is 0 Å². The van der Waals surface area contributed by atoms with Crippen molar-refractivity contribution in [2.45, 2.75) is 0 Å². The van der Waals surface area contributed by atoms with Gasteiger partial charge in [0.25, 0.3) is 41.4 Å². The maximum atomic E-state index is 13.9. The van der Waals surface area contributed by atoms with Crippen LogP contribution in [-0.2, 0) is 0 Å². The monoisotopic (exact) mass is 1730 g/mol. The molecular weight excluding hydrogens is 1650 g/mol. The molecule has 11 aromatic carbocycles. The van der Waals surface area contributed by atoms with Crippen LogP contribution in [0.1, 0.15) is 111 Å². The summed E-state index contributed by atoms with van der Waals surface area (Å²) in [5.74, 6) is 2.04. The van der Waals surface area contributed by atoms with Gasteiger partial charge in [-0.25, -0.2) is 9.59 Å². The van der Waals surface area contributed by atoms with Crippen molar-refractivity contribution in [2.24, 2.45) is 34.9 Å². The molecule has 0 saturated heterocycles. The summed E-state index contributed by atoms with van der Waals surface area (Å²) in [6, 6.07) is 68.4. The third-order valence-electron chi connectivity index (χ3n) is 21.3. The van der Waals surface area contributed by atoms with Gasteiger partial charge in [-0.1, -0.05) is 6.07 Å². The van der Waals surface area contributed by atoms with Gasteiger partial charge in [-0.15, -0.1) is 0 Å². The highest BCUT2D eigenvalue weighted by atomic mass is 16.2. The Bertz CT molecular complexity index is 5990. The quantitative estimate of drug-likeness (QED) is 0.0253. The van der Waals surface area contributed by atoms with E-state index in [0.717, 1.165) is 145 Å². The molecule has 0 aromatic heterocycles. The summed E-state index contributed by atoms with van der Waals surface area (Å²) < 4.78 is 0. The Labute approximate surface area is 745 Å². The van der Waals surface area contributed by atoms with Crippen molar-refractivity contribution in [1.82, 2.24) is 37.2 Å². The number of amides is 11. The maximum absolute atomic E-state index is 13.9. The molecule has 0 fully saturated rings. The summed E-state index contributed by atoms with van der Waals surface area (Å²) in [4.78, 5) is 155. The smallest absolute Gasteiger partial charge is 0.323 e. The molecule has 18 rings (SSSR count). The molecule has 0 spiro atoms. The predicted molar refractivity (Wildman–Crippen MR) is 508 cm³/mol. The molecule has 0 atom stereocenters. The first-order valence-electron chi connectivity index (χ1n) is 42.1. The van der Waals surface area contributed by atoms with Gasteiger partial charge in [0.05, 0.1) is 68.3 Å². The van der Waals surface area contributed by atoms with Gasteiger partial charge >= 0.3 is 12.1 Å². The van der Waals surface area contributed by atoms with Crippen molar-refractivity contribution >= 4 is 157 Å². The predicted octanol–water partition coefficient (Wildman–Crippen LogP) is 10.9. The van der Waals surface area contributed by atoms with Crippen LogP contribution < -0.4 is 95.7 Å². The Morgan fingerprint density at radius 2 is 0.400 bits per heavy atom. The van der Waals surface area contributed by atoms with Crippen molar-refractivity contribution in [2.75, 3.05) is 150 Å². The minimum Gasteiger partial charge on any atom is -0.368 e. The minimum atomic E-state index is -0.776. The maximum Gasteiger partial charge on any atom is 0.323 e. The highest BCUT2D eigenvalue weighted by Crippen LogP contribution is 2.29. The normalized spacial score (nSPS) is 14.3. The van der Waals surface area contributed by atoms with Crippen molar-refractivity contribution in [1.29, 1.82) is 0 Å². The van der Waals surface area contributed by atoms with Crippen LogP contribution in [0.15, 0.2) is 284 Å². The summed E-state index contributed by atoms with van der Waals surface area (Å²) in [5, 5.41) is 53.7. The molecule has 0 radical (unpaired) electrons. The summed E-state index contributed by atoms with van der Waals surface area (Å²) in [6.07, 6.45) is 0. The van der Waals surface area contributed by atoms with Crippen LogP contribution in [0.5, 0.6) is 0 Å². The molecule has 34 nitrogen and oxygen atoms in total. The van der Waals surface area contributed by atoms with E-state index >= 15 is 0 Å². The Morgan fingerprint density at radius 1 is 0.192 bits per heavy atom. The summed E-state index contributed by atoms with van der Waals surface area (Å²) >= 11 is 0. The number of urea groups is 2. The first-order chi connectivity index (χ1) is 63.5. The Balaban J connectivity index is 0.000000209. The van der Waals surface area contributed by atoms with E-state index in [1.807, 2.05) is 84.9 Å². The van der Waals surface area contributed by atoms with Crippen molar-refractivity contribution < 1.29 is 43.2 Å². The summed E-state index contributed by atoms with van der Waals surface area (Å²) in [7, 11) is 0. The molecule has 34 heteroatoms. The molecule has 11 amide bonds. The zero-order valence-electron chi connectivity index (χ0n) is 69.9. The summed E-state index contributed by atoms with van der Waals surface area (Å²) in [6.45, 7) is 10.3. The second kappa shape index (κ2) is 39.6. The molecule has 18 N–H and O–H groups in total. The van der Waals surface area contributed by atoms with Gasteiger partial charge in [0, 0.05) is 164 Å². The number of carbonyl (C=O) groups excluding carboxylic acids is 9. The van der Waals surface area contributed by atoms with E-state index in [2.05, 4.69) is 131 Å². The minimum absolute atomic E-state index is 0.0207. The Morgan fingerprint density at radius 3 is 0.608 bits per heavy atom. The molecule has 0 saturated carbocycles. The van der Waals surface area contributed by atoms with E-state index in [1.165, 1.54) is 60.7 Å². The van der Waals surface area contributed by atoms with Crippen LogP contribution in [0.2, 0.25) is 0 Å². The van der Waals surface area contributed by atoms with Crippen LogP contribution in [0.4, 0.5) is 72.2 Å². The van der Waals surface area contributed by atoms with Crippen molar-refractivity contribution in [3.05, 3.63) is 327 Å². The van der Waals surface area contributed by atoms with Gasteiger partial charge in [0.1, 0.15) is 40.8 Å². The lowest BCUT2D eigenvalue weighted by Gasteiger charge is -2.16. The number of benzene rings is 11. The lowest BCUT2D eigenvalue weighted by atomic mass is 10.0. The Hall–Kier alpha value is -17.5. The average Bonchev–Trinajstić information content (AvgIpc) is 0.902. The molecular formula is C96H87N25O9. The zero-order chi connectivity index (χ0) is 89.2. The summed E-state index contributed by atoms with van der Waals surface area (Å²) in [5.41, 5.74) is 11.3. The number of amidine groups is 7. The fourth-order valence-electron chi connectivity index (χ4n) is 14.8. The second-order valence-electron chi connectivity index (χ2n) is 30.4. The third-order valence-corrected chi connectivity index (χ3v) is 21.3. The topological polar surface area (TPSA) is 457 Å². The van der Waals surface area contributed by atoms with Crippen LogP contribution in [0.3, 0.4) is 0 Å². The molecule has 130 heavy (non-hydrogen) atoms. The van der Waals surface area contributed by atoms with Gasteiger partial charge in [0.2, 0.25) is 0 Å². The number of nitrogens with one attached hydrogen (secondary N) is 18. The number of hydrogen-bond donors (Lipinski definition) is 18. The average molecular weight is 1730 g/mol. The van der Waals surface area contributed by atoms with E-state index < -0.39 is 53.4 Å². The second-order valence-corrected chi connectivity index (χ2v) is 30.4. The first kappa shape index (κ1) is 84.7. The first-order valence-corrected chi connectivity index (χ1v) is 42.1. The number of carbonyl (C=O) groups is 9. The molecule has 0 unspecified atom stereocenters. The van der Waals surface area contributed by atoms with Gasteiger partial charge in [0.15, 0.2) is 0 Å². The van der Waals surface area contributed by atoms with E-state index in [9.17, 15) is 43.2 Å². The van der Waals surface area contributed by atoms with E-state index in [-0.39, 0.29) is 61.7 Å². The fraction of sp³-hybridized carbons (Fsp3) is 0.146. The van der Waals surface area contributed by atoms with Gasteiger partial charge in [-0.2, -0.15) is 0 Å². The molecule has 7 aliphatic rings.